The Hall–Kier alpha value is -3.15. The number of hydrogen-bond acceptors (Lipinski definition) is 3. The fourth-order valence-electron chi connectivity index (χ4n) is 2.90. The second-order valence-corrected chi connectivity index (χ2v) is 5.87. The zero-order valence-corrected chi connectivity index (χ0v) is 13.2. The molecule has 0 bridgehead atoms. The third kappa shape index (κ3) is 2.32. The normalized spacial score (nSPS) is 13.4. The molecule has 120 valence electrons. The average Bonchev–Trinajstić information content (AvgIpc) is 3.06. The summed E-state index contributed by atoms with van der Waals surface area (Å²) < 4.78 is 2.77. The average molecular weight is 320 g/mol. The Morgan fingerprint density at radius 1 is 1.00 bits per heavy atom. The summed E-state index contributed by atoms with van der Waals surface area (Å²) in [6.45, 7) is 2.62. The van der Waals surface area contributed by atoms with Crippen LogP contribution >= 0.6 is 0 Å². The number of anilines is 1. The maximum absolute atomic E-state index is 12.8. The molecule has 4 rings (SSSR count). The molecule has 1 aliphatic rings. The van der Waals surface area contributed by atoms with Gasteiger partial charge in [-0.3, -0.25) is 4.90 Å². The molecular formula is C18H16N4O2. The van der Waals surface area contributed by atoms with E-state index in [2.05, 4.69) is 4.98 Å². The van der Waals surface area contributed by atoms with E-state index < -0.39 is 5.69 Å². The highest BCUT2D eigenvalue weighted by Gasteiger charge is 2.33. The number of aryl methyl sites for hydroxylation is 1. The van der Waals surface area contributed by atoms with Gasteiger partial charge in [0, 0.05) is 5.69 Å². The lowest BCUT2D eigenvalue weighted by molar-refractivity contribution is 0.244. The second-order valence-electron chi connectivity index (χ2n) is 5.87. The fraction of sp³-hybridized carbons (Fsp3) is 0.167. The van der Waals surface area contributed by atoms with Gasteiger partial charge in [-0.05, 0) is 24.6 Å². The maximum Gasteiger partial charge on any atom is 0.364 e. The van der Waals surface area contributed by atoms with E-state index in [1.54, 1.807) is 4.90 Å². The van der Waals surface area contributed by atoms with Crippen LogP contribution in [0.25, 0.3) is 0 Å². The Kier molecular flexibility index (Phi) is 3.30. The predicted molar refractivity (Wildman–Crippen MR) is 90.2 cm³/mol. The van der Waals surface area contributed by atoms with Crippen LogP contribution in [0, 0.1) is 6.92 Å². The van der Waals surface area contributed by atoms with Crippen LogP contribution in [0.4, 0.5) is 10.5 Å². The lowest BCUT2D eigenvalue weighted by Gasteiger charge is -2.16. The largest absolute Gasteiger partial charge is 0.364 e. The van der Waals surface area contributed by atoms with E-state index >= 15 is 0 Å². The minimum Gasteiger partial charge on any atom is -0.285 e. The van der Waals surface area contributed by atoms with Crippen molar-refractivity contribution < 1.29 is 4.79 Å². The van der Waals surface area contributed by atoms with Crippen LogP contribution in [0.3, 0.4) is 0 Å². The molecule has 0 unspecified atom stereocenters. The molecule has 24 heavy (non-hydrogen) atoms. The van der Waals surface area contributed by atoms with Crippen LogP contribution in [0.2, 0.25) is 0 Å². The molecule has 3 aromatic rings. The lowest BCUT2D eigenvalue weighted by atomic mass is 10.2. The Labute approximate surface area is 138 Å². The van der Waals surface area contributed by atoms with Crippen LogP contribution in [0.5, 0.6) is 0 Å². The first kappa shape index (κ1) is 14.4. The maximum atomic E-state index is 12.8. The van der Waals surface area contributed by atoms with Crippen LogP contribution < -0.4 is 10.6 Å². The summed E-state index contributed by atoms with van der Waals surface area (Å²) in [7, 11) is 0. The molecule has 1 aliphatic heterocycles. The van der Waals surface area contributed by atoms with E-state index in [1.165, 1.54) is 9.36 Å². The fourth-order valence-corrected chi connectivity index (χ4v) is 2.90. The highest BCUT2D eigenvalue weighted by molar-refractivity contribution is 5.95. The molecule has 0 saturated heterocycles. The number of carbonyl (C=O) groups excluding carboxylic acids is 1. The van der Waals surface area contributed by atoms with Crippen molar-refractivity contribution in [2.24, 2.45) is 0 Å². The number of hydrogen-bond donors (Lipinski definition) is 0. The number of benzene rings is 2. The summed E-state index contributed by atoms with van der Waals surface area (Å²) in [4.78, 5) is 30.6. The Balaban J connectivity index is 1.70. The molecule has 0 radical (unpaired) electrons. The number of amides is 1. The molecule has 0 atom stereocenters. The number of nitrogens with zero attached hydrogens (tertiary/aromatic N) is 4. The number of carbonyl (C=O) groups is 1. The number of rotatable bonds is 3. The van der Waals surface area contributed by atoms with Gasteiger partial charge in [0.25, 0.3) is 0 Å². The molecule has 6 nitrogen and oxygen atoms in total. The van der Waals surface area contributed by atoms with Crippen molar-refractivity contribution in [3.05, 3.63) is 82.0 Å². The number of fused-ring (bicyclic) bond motifs is 1. The second kappa shape index (κ2) is 5.49. The van der Waals surface area contributed by atoms with Gasteiger partial charge in [0.05, 0.1) is 13.1 Å². The predicted octanol–water partition coefficient (Wildman–Crippen LogP) is 2.39. The summed E-state index contributed by atoms with van der Waals surface area (Å²) >= 11 is 0. The van der Waals surface area contributed by atoms with E-state index in [0.717, 1.165) is 16.8 Å². The van der Waals surface area contributed by atoms with Crippen LogP contribution in [-0.4, -0.2) is 20.4 Å². The third-order valence-electron chi connectivity index (χ3n) is 4.16. The van der Waals surface area contributed by atoms with Crippen molar-refractivity contribution in [3.8, 4) is 0 Å². The quantitative estimate of drug-likeness (QED) is 0.744. The van der Waals surface area contributed by atoms with E-state index in [4.69, 9.17) is 0 Å². The molecule has 1 amide bonds. The Morgan fingerprint density at radius 2 is 1.71 bits per heavy atom. The highest BCUT2D eigenvalue weighted by atomic mass is 16.2. The topological polar surface area (TPSA) is 60.1 Å². The highest BCUT2D eigenvalue weighted by Crippen LogP contribution is 2.23. The van der Waals surface area contributed by atoms with Crippen molar-refractivity contribution in [2.45, 2.75) is 20.0 Å². The molecule has 0 spiro atoms. The zero-order chi connectivity index (χ0) is 16.7. The molecule has 1 aromatic heterocycles. The molecule has 0 N–H and O–H groups in total. The summed E-state index contributed by atoms with van der Waals surface area (Å²) in [5.41, 5.74) is 2.48. The van der Waals surface area contributed by atoms with Gasteiger partial charge in [-0.1, -0.05) is 48.0 Å². The van der Waals surface area contributed by atoms with E-state index in [-0.39, 0.29) is 6.03 Å². The molecular weight excluding hydrogens is 304 g/mol. The van der Waals surface area contributed by atoms with Gasteiger partial charge in [-0.15, -0.1) is 0 Å². The van der Waals surface area contributed by atoms with Crippen molar-refractivity contribution in [1.82, 2.24) is 14.3 Å². The molecule has 0 aliphatic carbocycles. The van der Waals surface area contributed by atoms with E-state index in [9.17, 15) is 9.59 Å². The standard InChI is InChI=1S/C18H16N4O2/c1-13-7-9-15(10-8-13)20-12-16-19-17(23)21(22(16)18(20)24)11-14-5-3-2-4-6-14/h2-10H,11-12H2,1H3. The van der Waals surface area contributed by atoms with Gasteiger partial charge in [0.1, 0.15) is 0 Å². The lowest BCUT2D eigenvalue weighted by Crippen LogP contribution is -2.34. The van der Waals surface area contributed by atoms with Crippen molar-refractivity contribution in [2.75, 3.05) is 4.90 Å². The van der Waals surface area contributed by atoms with Crippen LogP contribution in [0.15, 0.2) is 59.4 Å². The molecule has 0 fully saturated rings. The van der Waals surface area contributed by atoms with Gasteiger partial charge in [-0.2, -0.15) is 9.67 Å². The Bertz CT molecular complexity index is 955. The van der Waals surface area contributed by atoms with Crippen LogP contribution in [-0.2, 0) is 13.1 Å². The molecule has 6 heteroatoms. The van der Waals surface area contributed by atoms with E-state index in [1.807, 2.05) is 61.5 Å². The van der Waals surface area contributed by atoms with Gasteiger partial charge in [-0.25, -0.2) is 14.3 Å². The number of aromatic nitrogens is 3. The van der Waals surface area contributed by atoms with Crippen LogP contribution in [0.1, 0.15) is 17.0 Å². The molecule has 0 saturated carbocycles. The van der Waals surface area contributed by atoms with Gasteiger partial charge in [0.15, 0.2) is 5.82 Å². The first-order valence-electron chi connectivity index (χ1n) is 7.75. The molecule has 2 aromatic carbocycles. The summed E-state index contributed by atoms with van der Waals surface area (Å²) in [6, 6.07) is 17.0. The van der Waals surface area contributed by atoms with Crippen molar-refractivity contribution in [1.29, 1.82) is 0 Å². The van der Waals surface area contributed by atoms with Crippen molar-refractivity contribution >= 4 is 11.7 Å². The zero-order valence-electron chi connectivity index (χ0n) is 13.2. The minimum atomic E-state index is -0.397. The smallest absolute Gasteiger partial charge is 0.285 e. The summed E-state index contributed by atoms with van der Waals surface area (Å²) in [5, 5.41) is 0. The minimum absolute atomic E-state index is 0.251. The van der Waals surface area contributed by atoms with E-state index in [0.29, 0.717) is 18.9 Å². The summed E-state index contributed by atoms with van der Waals surface area (Å²) in [5.74, 6) is 0.474. The third-order valence-corrected chi connectivity index (χ3v) is 4.16. The summed E-state index contributed by atoms with van der Waals surface area (Å²) in [6.07, 6.45) is 0. The first-order chi connectivity index (χ1) is 11.6. The molecule has 2 heterocycles. The van der Waals surface area contributed by atoms with Gasteiger partial charge >= 0.3 is 11.7 Å². The van der Waals surface area contributed by atoms with Gasteiger partial charge < -0.3 is 0 Å². The van der Waals surface area contributed by atoms with Gasteiger partial charge in [0.2, 0.25) is 0 Å². The van der Waals surface area contributed by atoms with Crippen molar-refractivity contribution in [3.63, 3.8) is 0 Å². The Morgan fingerprint density at radius 3 is 2.42 bits per heavy atom. The monoisotopic (exact) mass is 320 g/mol. The first-order valence-corrected chi connectivity index (χ1v) is 7.75. The SMILES string of the molecule is Cc1ccc(N2Cc3nc(=O)n(Cc4ccccc4)n3C2=O)cc1.